The fraction of sp³-hybridized carbons (Fsp3) is 0.0667. The van der Waals surface area contributed by atoms with Crippen LogP contribution in [0.15, 0.2) is 40.6 Å². The standard InChI is InChI=1S/C15H9ClFNO2S/c16-11-7-9(1-2-12(11)17)10-8-21-13-3-4-18(5-6-19)15(20)14(10)13/h1-4,6-8H,5H2. The Morgan fingerprint density at radius 1 is 1.33 bits per heavy atom. The number of hydrogen-bond donors (Lipinski definition) is 0. The number of hydrogen-bond acceptors (Lipinski definition) is 3. The van der Waals surface area contributed by atoms with E-state index in [0.717, 1.165) is 4.70 Å². The summed E-state index contributed by atoms with van der Waals surface area (Å²) >= 11 is 7.22. The Kier molecular flexibility index (Phi) is 3.61. The number of aromatic nitrogens is 1. The lowest BCUT2D eigenvalue weighted by Gasteiger charge is -2.04. The monoisotopic (exact) mass is 321 g/mol. The summed E-state index contributed by atoms with van der Waals surface area (Å²) in [6.45, 7) is 0.00817. The highest BCUT2D eigenvalue weighted by Crippen LogP contribution is 2.33. The third-order valence-electron chi connectivity index (χ3n) is 3.20. The van der Waals surface area contributed by atoms with Gasteiger partial charge in [0.15, 0.2) is 0 Å². The summed E-state index contributed by atoms with van der Waals surface area (Å²) in [5, 5.41) is 2.36. The van der Waals surface area contributed by atoms with Crippen LogP contribution < -0.4 is 5.56 Å². The van der Waals surface area contributed by atoms with Crippen LogP contribution in [0.5, 0.6) is 0 Å². The predicted octanol–water partition coefficient (Wildman–Crippen LogP) is 3.72. The number of rotatable bonds is 3. The van der Waals surface area contributed by atoms with Gasteiger partial charge >= 0.3 is 0 Å². The molecule has 0 spiro atoms. The van der Waals surface area contributed by atoms with Gasteiger partial charge in [-0.3, -0.25) is 4.79 Å². The van der Waals surface area contributed by atoms with Crippen LogP contribution in [0.25, 0.3) is 21.2 Å². The lowest BCUT2D eigenvalue weighted by Crippen LogP contribution is -2.19. The van der Waals surface area contributed by atoms with Gasteiger partial charge in [-0.15, -0.1) is 11.3 Å². The van der Waals surface area contributed by atoms with Crippen LogP contribution in [-0.2, 0) is 11.3 Å². The second kappa shape index (κ2) is 5.42. The van der Waals surface area contributed by atoms with Gasteiger partial charge in [0.1, 0.15) is 12.1 Å². The van der Waals surface area contributed by atoms with Gasteiger partial charge in [-0.2, -0.15) is 0 Å². The Hall–Kier alpha value is -1.98. The number of thiophene rings is 1. The van der Waals surface area contributed by atoms with Crippen LogP contribution in [0.4, 0.5) is 4.39 Å². The smallest absolute Gasteiger partial charge is 0.260 e. The van der Waals surface area contributed by atoms with E-state index in [0.29, 0.717) is 22.8 Å². The number of fused-ring (bicyclic) bond motifs is 1. The first-order valence-corrected chi connectivity index (χ1v) is 7.37. The SMILES string of the molecule is O=CCn1ccc2scc(-c3ccc(F)c(Cl)c3)c2c1=O. The summed E-state index contributed by atoms with van der Waals surface area (Å²) in [5.41, 5.74) is 1.13. The second-order valence-electron chi connectivity index (χ2n) is 4.46. The molecule has 0 bridgehead atoms. The van der Waals surface area contributed by atoms with Crippen LogP contribution >= 0.6 is 22.9 Å². The molecule has 1 aromatic carbocycles. The molecular weight excluding hydrogens is 313 g/mol. The summed E-state index contributed by atoms with van der Waals surface area (Å²) < 4.78 is 15.4. The molecule has 0 aliphatic carbocycles. The molecule has 0 aliphatic heterocycles. The van der Waals surface area contributed by atoms with Crippen molar-refractivity contribution in [2.75, 3.05) is 0 Å². The average molecular weight is 322 g/mol. The zero-order chi connectivity index (χ0) is 15.0. The van der Waals surface area contributed by atoms with Crippen molar-refractivity contribution in [1.29, 1.82) is 0 Å². The number of carbonyl (C=O) groups excluding carboxylic acids is 1. The van der Waals surface area contributed by atoms with E-state index in [-0.39, 0.29) is 17.1 Å². The number of nitrogens with zero attached hydrogens (tertiary/aromatic N) is 1. The van der Waals surface area contributed by atoms with Crippen molar-refractivity contribution < 1.29 is 9.18 Å². The first-order chi connectivity index (χ1) is 10.1. The van der Waals surface area contributed by atoms with Gasteiger partial charge in [0.2, 0.25) is 0 Å². The topological polar surface area (TPSA) is 39.1 Å². The maximum Gasteiger partial charge on any atom is 0.260 e. The number of pyridine rings is 1. The number of benzene rings is 1. The minimum Gasteiger partial charge on any atom is -0.308 e. The van der Waals surface area contributed by atoms with Crippen molar-refractivity contribution in [1.82, 2.24) is 4.57 Å². The highest BCUT2D eigenvalue weighted by atomic mass is 35.5. The molecule has 6 heteroatoms. The van der Waals surface area contributed by atoms with Crippen molar-refractivity contribution in [3.8, 4) is 11.1 Å². The Labute approximate surface area is 128 Å². The first kappa shape index (κ1) is 14.0. The fourth-order valence-corrected chi connectivity index (χ4v) is 3.32. The van der Waals surface area contributed by atoms with Gasteiger partial charge in [-0.1, -0.05) is 17.7 Å². The van der Waals surface area contributed by atoms with E-state index in [2.05, 4.69) is 0 Å². The number of aldehydes is 1. The van der Waals surface area contributed by atoms with Crippen molar-refractivity contribution in [3.05, 3.63) is 57.0 Å². The Morgan fingerprint density at radius 2 is 2.14 bits per heavy atom. The molecule has 0 radical (unpaired) electrons. The molecule has 0 atom stereocenters. The summed E-state index contributed by atoms with van der Waals surface area (Å²) in [5.74, 6) is -0.502. The number of halogens is 2. The molecule has 0 amide bonds. The fourth-order valence-electron chi connectivity index (χ4n) is 2.19. The number of carbonyl (C=O) groups is 1. The van der Waals surface area contributed by atoms with Crippen LogP contribution in [0.2, 0.25) is 5.02 Å². The minimum atomic E-state index is -0.502. The maximum absolute atomic E-state index is 13.3. The molecule has 0 aliphatic rings. The molecule has 0 saturated carbocycles. The van der Waals surface area contributed by atoms with Gasteiger partial charge in [0.05, 0.1) is 17.0 Å². The van der Waals surface area contributed by atoms with E-state index in [1.807, 2.05) is 5.38 Å². The Bertz CT molecular complexity index is 900. The molecule has 3 rings (SSSR count). The van der Waals surface area contributed by atoms with Gasteiger partial charge < -0.3 is 9.36 Å². The van der Waals surface area contributed by atoms with E-state index in [1.54, 1.807) is 18.3 Å². The van der Waals surface area contributed by atoms with Gasteiger partial charge in [0, 0.05) is 21.8 Å². The molecule has 2 heterocycles. The van der Waals surface area contributed by atoms with Gasteiger partial charge in [-0.25, -0.2) is 4.39 Å². The van der Waals surface area contributed by atoms with Crippen LogP contribution in [0.1, 0.15) is 0 Å². The highest BCUT2D eigenvalue weighted by molar-refractivity contribution is 7.17. The molecule has 0 saturated heterocycles. The summed E-state index contributed by atoms with van der Waals surface area (Å²) in [6, 6.07) is 6.14. The molecule has 2 aromatic heterocycles. The molecule has 3 aromatic rings. The zero-order valence-electron chi connectivity index (χ0n) is 10.7. The van der Waals surface area contributed by atoms with E-state index in [1.165, 1.54) is 28.0 Å². The maximum atomic E-state index is 13.3. The predicted molar refractivity (Wildman–Crippen MR) is 82.6 cm³/mol. The molecule has 21 heavy (non-hydrogen) atoms. The summed E-state index contributed by atoms with van der Waals surface area (Å²) in [6.07, 6.45) is 2.27. The quantitative estimate of drug-likeness (QED) is 0.690. The molecule has 0 fully saturated rings. The Balaban J connectivity index is 2.27. The summed E-state index contributed by atoms with van der Waals surface area (Å²) in [7, 11) is 0. The third kappa shape index (κ3) is 2.39. The summed E-state index contributed by atoms with van der Waals surface area (Å²) in [4.78, 5) is 23.1. The lowest BCUT2D eigenvalue weighted by molar-refractivity contribution is -0.108. The van der Waals surface area contributed by atoms with E-state index < -0.39 is 5.82 Å². The van der Waals surface area contributed by atoms with Crippen molar-refractivity contribution >= 4 is 39.3 Å². The normalized spacial score (nSPS) is 11.0. The molecule has 0 N–H and O–H groups in total. The van der Waals surface area contributed by atoms with Crippen molar-refractivity contribution in [2.45, 2.75) is 6.54 Å². The lowest BCUT2D eigenvalue weighted by atomic mass is 10.1. The van der Waals surface area contributed by atoms with Crippen molar-refractivity contribution in [2.24, 2.45) is 0 Å². The minimum absolute atomic E-state index is 0.00817. The first-order valence-electron chi connectivity index (χ1n) is 6.11. The van der Waals surface area contributed by atoms with Crippen molar-refractivity contribution in [3.63, 3.8) is 0 Å². The molecular formula is C15H9ClFNO2S. The Morgan fingerprint density at radius 3 is 2.86 bits per heavy atom. The second-order valence-corrected chi connectivity index (χ2v) is 5.78. The van der Waals surface area contributed by atoms with Crippen LogP contribution in [0.3, 0.4) is 0 Å². The zero-order valence-corrected chi connectivity index (χ0v) is 12.2. The van der Waals surface area contributed by atoms with E-state index >= 15 is 0 Å². The van der Waals surface area contributed by atoms with Gasteiger partial charge in [-0.05, 0) is 23.8 Å². The van der Waals surface area contributed by atoms with E-state index in [9.17, 15) is 14.0 Å². The highest BCUT2D eigenvalue weighted by Gasteiger charge is 2.13. The largest absolute Gasteiger partial charge is 0.308 e. The molecule has 3 nitrogen and oxygen atoms in total. The third-order valence-corrected chi connectivity index (χ3v) is 4.44. The van der Waals surface area contributed by atoms with Gasteiger partial charge in [0.25, 0.3) is 5.56 Å². The molecule has 106 valence electrons. The van der Waals surface area contributed by atoms with E-state index in [4.69, 9.17) is 11.6 Å². The van der Waals surface area contributed by atoms with Crippen LogP contribution in [-0.4, -0.2) is 10.9 Å². The van der Waals surface area contributed by atoms with Crippen LogP contribution in [0, 0.1) is 5.82 Å². The average Bonchev–Trinajstić information content (AvgIpc) is 2.90. The molecule has 0 unspecified atom stereocenters.